The molecule has 0 unspecified atom stereocenters. The fraction of sp³-hybridized carbons (Fsp3) is 0.474. The molecule has 148 valence electrons. The molecule has 1 saturated heterocycles. The van der Waals surface area contributed by atoms with Gasteiger partial charge in [-0.05, 0) is 46.2 Å². The van der Waals surface area contributed by atoms with Crippen molar-refractivity contribution < 1.29 is 22.7 Å². The lowest BCUT2D eigenvalue weighted by Crippen LogP contribution is -2.37. The highest BCUT2D eigenvalue weighted by molar-refractivity contribution is 7.89. The van der Waals surface area contributed by atoms with Crippen molar-refractivity contribution in [3.8, 4) is 0 Å². The van der Waals surface area contributed by atoms with Gasteiger partial charge in [-0.3, -0.25) is 9.52 Å². The van der Waals surface area contributed by atoms with E-state index in [1.165, 1.54) is 23.2 Å². The van der Waals surface area contributed by atoms with Crippen LogP contribution in [0.5, 0.6) is 0 Å². The summed E-state index contributed by atoms with van der Waals surface area (Å²) >= 11 is 0. The maximum absolute atomic E-state index is 12.4. The summed E-state index contributed by atoms with van der Waals surface area (Å²) in [5.41, 5.74) is 0.681. The molecule has 0 aliphatic carbocycles. The number of hydrogen-bond acceptors (Lipinski definition) is 5. The summed E-state index contributed by atoms with van der Waals surface area (Å²) in [5, 5.41) is 0. The predicted octanol–water partition coefficient (Wildman–Crippen LogP) is 2.76. The average molecular weight is 394 g/mol. The molecule has 1 aromatic rings. The molecule has 1 aliphatic rings. The van der Waals surface area contributed by atoms with E-state index in [4.69, 9.17) is 4.74 Å². The van der Waals surface area contributed by atoms with E-state index in [1.807, 2.05) is 6.92 Å². The van der Waals surface area contributed by atoms with E-state index in [-0.39, 0.29) is 30.1 Å². The first kappa shape index (κ1) is 21.0. The summed E-state index contributed by atoms with van der Waals surface area (Å²) in [7, 11) is -3.75. The van der Waals surface area contributed by atoms with Crippen LogP contribution >= 0.6 is 0 Å². The molecule has 8 heteroatoms. The minimum Gasteiger partial charge on any atom is -0.444 e. The van der Waals surface area contributed by atoms with Crippen molar-refractivity contribution >= 4 is 21.9 Å². The molecule has 0 spiro atoms. The zero-order valence-corrected chi connectivity index (χ0v) is 16.9. The van der Waals surface area contributed by atoms with Crippen LogP contribution in [0.2, 0.25) is 0 Å². The number of ether oxygens (including phenoxy) is 1. The summed E-state index contributed by atoms with van der Waals surface area (Å²) < 4.78 is 32.4. The van der Waals surface area contributed by atoms with Gasteiger partial charge in [0.2, 0.25) is 0 Å². The lowest BCUT2D eigenvalue weighted by molar-refractivity contribution is -0.115. The molecule has 1 aromatic carbocycles. The van der Waals surface area contributed by atoms with Crippen molar-refractivity contribution in [1.82, 2.24) is 9.62 Å². The van der Waals surface area contributed by atoms with Gasteiger partial charge in [-0.2, -0.15) is 0 Å². The third-order valence-corrected chi connectivity index (χ3v) is 5.31. The number of aryl methyl sites for hydroxylation is 1. The van der Waals surface area contributed by atoms with Crippen LogP contribution in [0.1, 0.15) is 39.2 Å². The van der Waals surface area contributed by atoms with Gasteiger partial charge < -0.3 is 9.64 Å². The van der Waals surface area contributed by atoms with Gasteiger partial charge in [0.15, 0.2) is 5.78 Å². The topological polar surface area (TPSA) is 92.8 Å². The molecular weight excluding hydrogens is 368 g/mol. The van der Waals surface area contributed by atoms with Crippen LogP contribution in [0, 0.1) is 6.92 Å². The Kier molecular flexibility index (Phi) is 6.30. The van der Waals surface area contributed by atoms with Gasteiger partial charge in [0.05, 0.1) is 4.90 Å². The van der Waals surface area contributed by atoms with Crippen molar-refractivity contribution in [3.05, 3.63) is 41.6 Å². The smallest absolute Gasteiger partial charge is 0.410 e. The first-order chi connectivity index (χ1) is 12.5. The number of Topliss-reactive ketones (excluding diaryl/α,β-unsaturated/α-hetero) is 1. The molecule has 1 aliphatic heterocycles. The summed E-state index contributed by atoms with van der Waals surface area (Å²) in [5.74, 6) is -0.187. The highest BCUT2D eigenvalue weighted by atomic mass is 32.2. The van der Waals surface area contributed by atoms with Gasteiger partial charge in [-0.25, -0.2) is 13.2 Å². The largest absolute Gasteiger partial charge is 0.444 e. The number of benzene rings is 1. The van der Waals surface area contributed by atoms with Crippen molar-refractivity contribution in [1.29, 1.82) is 0 Å². The fourth-order valence-corrected chi connectivity index (χ4v) is 3.43. The van der Waals surface area contributed by atoms with Crippen LogP contribution in [-0.4, -0.2) is 43.9 Å². The molecule has 2 rings (SSSR count). The predicted molar refractivity (Wildman–Crippen MR) is 102 cm³/mol. The van der Waals surface area contributed by atoms with E-state index in [2.05, 4.69) is 4.72 Å². The molecule has 1 amide bonds. The number of amides is 1. The Bertz CT molecular complexity index is 836. The number of nitrogens with one attached hydrogen (secondary N) is 1. The minimum atomic E-state index is -3.75. The molecule has 1 heterocycles. The molecular formula is C19H26N2O5S. The quantitative estimate of drug-likeness (QED) is 0.796. The van der Waals surface area contributed by atoms with E-state index in [0.717, 1.165) is 5.56 Å². The summed E-state index contributed by atoms with van der Waals surface area (Å²) in [4.78, 5) is 26.1. The van der Waals surface area contributed by atoms with E-state index < -0.39 is 21.7 Å². The number of sulfonamides is 1. The SMILES string of the molecule is Cc1ccc(S(=O)(=O)N/C=C2/CCN(C(=O)OC(C)(C)C)CCC2=O)cc1. The highest BCUT2D eigenvalue weighted by Crippen LogP contribution is 2.17. The zero-order chi connectivity index (χ0) is 20.2. The van der Waals surface area contributed by atoms with Crippen molar-refractivity contribution in [3.63, 3.8) is 0 Å². The Morgan fingerprint density at radius 2 is 1.74 bits per heavy atom. The van der Waals surface area contributed by atoms with Crippen LogP contribution in [0.4, 0.5) is 4.79 Å². The molecule has 0 atom stereocenters. The monoisotopic (exact) mass is 394 g/mol. The Labute approximate surface area is 160 Å². The first-order valence-electron chi connectivity index (χ1n) is 8.77. The van der Waals surface area contributed by atoms with Gasteiger partial charge in [0.1, 0.15) is 5.60 Å². The Morgan fingerprint density at radius 3 is 2.33 bits per heavy atom. The molecule has 0 saturated carbocycles. The second-order valence-corrected chi connectivity index (χ2v) is 9.21. The van der Waals surface area contributed by atoms with E-state index in [1.54, 1.807) is 32.9 Å². The van der Waals surface area contributed by atoms with Crippen LogP contribution < -0.4 is 4.72 Å². The van der Waals surface area contributed by atoms with Gasteiger partial charge in [0, 0.05) is 31.3 Å². The Balaban J connectivity index is 2.07. The molecule has 7 nitrogen and oxygen atoms in total. The number of likely N-dealkylation sites (tertiary alicyclic amines) is 1. The van der Waals surface area contributed by atoms with Crippen LogP contribution in [0.15, 0.2) is 40.9 Å². The second kappa shape index (κ2) is 8.12. The Hall–Kier alpha value is -2.35. The zero-order valence-electron chi connectivity index (χ0n) is 16.1. The average Bonchev–Trinajstić information content (AvgIpc) is 2.74. The fourth-order valence-electron chi connectivity index (χ4n) is 2.50. The lowest BCUT2D eigenvalue weighted by Gasteiger charge is -2.26. The summed E-state index contributed by atoms with van der Waals surface area (Å²) in [6, 6.07) is 6.43. The molecule has 1 fully saturated rings. The molecule has 27 heavy (non-hydrogen) atoms. The molecule has 0 bridgehead atoms. The van der Waals surface area contributed by atoms with E-state index >= 15 is 0 Å². The first-order valence-corrected chi connectivity index (χ1v) is 10.3. The maximum atomic E-state index is 12.4. The molecule has 0 radical (unpaired) electrons. The van der Waals surface area contributed by atoms with Gasteiger partial charge in [0.25, 0.3) is 10.0 Å². The van der Waals surface area contributed by atoms with E-state index in [9.17, 15) is 18.0 Å². The highest BCUT2D eigenvalue weighted by Gasteiger charge is 2.26. The van der Waals surface area contributed by atoms with Crippen LogP contribution in [0.3, 0.4) is 0 Å². The number of carbonyl (C=O) groups is 2. The normalized spacial score (nSPS) is 17.6. The third-order valence-electron chi connectivity index (χ3n) is 3.99. The van der Waals surface area contributed by atoms with Gasteiger partial charge in [-0.1, -0.05) is 17.7 Å². The van der Waals surface area contributed by atoms with E-state index in [0.29, 0.717) is 12.1 Å². The van der Waals surface area contributed by atoms with Gasteiger partial charge in [-0.15, -0.1) is 0 Å². The van der Waals surface area contributed by atoms with Crippen molar-refractivity contribution in [2.75, 3.05) is 13.1 Å². The Morgan fingerprint density at radius 1 is 1.15 bits per heavy atom. The lowest BCUT2D eigenvalue weighted by atomic mass is 10.1. The summed E-state index contributed by atoms with van der Waals surface area (Å²) in [6.07, 6.45) is 1.14. The van der Waals surface area contributed by atoms with Crippen molar-refractivity contribution in [2.45, 2.75) is 51.0 Å². The minimum absolute atomic E-state index is 0.122. The van der Waals surface area contributed by atoms with Crippen LogP contribution in [0.25, 0.3) is 0 Å². The number of nitrogens with zero attached hydrogens (tertiary/aromatic N) is 1. The standard InChI is InChI=1S/C19H26N2O5S/c1-14-5-7-16(8-6-14)27(24,25)20-13-15-9-11-21(12-10-17(15)22)18(23)26-19(2,3)4/h5-8,13,20H,9-12H2,1-4H3/b15-13-. The molecule has 1 N–H and O–H groups in total. The summed E-state index contributed by atoms with van der Waals surface area (Å²) in [6.45, 7) is 7.73. The molecule has 0 aromatic heterocycles. The second-order valence-electron chi connectivity index (χ2n) is 7.49. The number of carbonyl (C=O) groups excluding carboxylic acids is 2. The maximum Gasteiger partial charge on any atom is 0.410 e. The van der Waals surface area contributed by atoms with Crippen LogP contribution in [-0.2, 0) is 19.6 Å². The number of rotatable bonds is 3. The number of hydrogen-bond donors (Lipinski definition) is 1. The number of ketones is 1. The van der Waals surface area contributed by atoms with Crippen molar-refractivity contribution in [2.24, 2.45) is 0 Å². The third kappa shape index (κ3) is 6.09. The van der Waals surface area contributed by atoms with Gasteiger partial charge >= 0.3 is 6.09 Å².